The average molecular weight is 502 g/mol. The van der Waals surface area contributed by atoms with Gasteiger partial charge < -0.3 is 29.6 Å². The molecule has 2 N–H and O–H groups in total. The molecule has 0 saturated heterocycles. The molecule has 1 atom stereocenters. The van der Waals surface area contributed by atoms with Gasteiger partial charge in [-0.1, -0.05) is 29.4 Å². The van der Waals surface area contributed by atoms with Crippen LogP contribution < -0.4 is 4.74 Å². The topological polar surface area (TPSA) is 112 Å². The minimum atomic E-state index is -1.89. The van der Waals surface area contributed by atoms with Gasteiger partial charge in [-0.3, -0.25) is 4.79 Å². The van der Waals surface area contributed by atoms with Crippen molar-refractivity contribution in [2.45, 2.75) is 18.9 Å². The van der Waals surface area contributed by atoms with E-state index in [2.05, 4.69) is 5.16 Å². The average Bonchev–Trinajstić information content (AvgIpc) is 2.83. The van der Waals surface area contributed by atoms with Crippen LogP contribution in [0.1, 0.15) is 21.5 Å². The number of carboxylic acid groups (broad SMARTS) is 1. The first-order valence-corrected chi connectivity index (χ1v) is 10.5. The van der Waals surface area contributed by atoms with E-state index in [-0.39, 0.29) is 42.6 Å². The third kappa shape index (κ3) is 6.62. The molecule has 0 spiro atoms. The standard InChI is InChI=1S/C25H27N3O6.ClH/c1-27(2)23(29)22-5-4-14-28(15-18-6-10-20(11-7-18)24(30)31)25(22,32)17-26-34-16-19-8-12-21(33-3)13-9-19;/h4-14,17,32H,15-16H2,1-3H3,(H,30,31);1H. The Morgan fingerprint density at radius 1 is 1.09 bits per heavy atom. The molecule has 10 heteroatoms. The molecule has 1 amide bonds. The largest absolute Gasteiger partial charge is 0.497 e. The van der Waals surface area contributed by atoms with Crippen molar-refractivity contribution in [3.05, 3.63) is 89.1 Å². The number of allylic oxidation sites excluding steroid dienone is 2. The minimum absolute atomic E-state index is 0. The van der Waals surface area contributed by atoms with Gasteiger partial charge in [-0.05, 0) is 47.5 Å². The first-order valence-electron chi connectivity index (χ1n) is 10.5. The molecule has 2 aromatic carbocycles. The third-order valence-corrected chi connectivity index (χ3v) is 5.25. The van der Waals surface area contributed by atoms with Crippen molar-refractivity contribution in [3.8, 4) is 5.75 Å². The number of likely N-dealkylation sites (N-methyl/N-ethyl adjacent to an activating group) is 1. The van der Waals surface area contributed by atoms with E-state index in [0.717, 1.165) is 16.9 Å². The zero-order valence-electron chi connectivity index (χ0n) is 19.6. The fourth-order valence-electron chi connectivity index (χ4n) is 3.31. The van der Waals surface area contributed by atoms with Gasteiger partial charge in [0.1, 0.15) is 18.6 Å². The van der Waals surface area contributed by atoms with Crippen molar-refractivity contribution in [2.75, 3.05) is 21.2 Å². The molecule has 0 aromatic heterocycles. The van der Waals surface area contributed by atoms with Crippen LogP contribution in [-0.4, -0.2) is 65.0 Å². The number of carboxylic acids is 1. The van der Waals surface area contributed by atoms with Crippen LogP contribution in [-0.2, 0) is 22.8 Å². The Balaban J connectivity index is 0.00000432. The number of ether oxygens (including phenoxy) is 1. The predicted octanol–water partition coefficient (Wildman–Crippen LogP) is 3.05. The second-order valence-electron chi connectivity index (χ2n) is 7.83. The Bertz CT molecular complexity index is 1110. The maximum Gasteiger partial charge on any atom is 0.335 e. The van der Waals surface area contributed by atoms with Crippen LogP contribution in [0.25, 0.3) is 0 Å². The lowest BCUT2D eigenvalue weighted by molar-refractivity contribution is -0.128. The summed E-state index contributed by atoms with van der Waals surface area (Å²) in [5.41, 5.74) is -0.0474. The molecule has 0 bridgehead atoms. The van der Waals surface area contributed by atoms with Gasteiger partial charge >= 0.3 is 5.97 Å². The predicted molar refractivity (Wildman–Crippen MR) is 133 cm³/mol. The Morgan fingerprint density at radius 3 is 2.29 bits per heavy atom. The van der Waals surface area contributed by atoms with Crippen LogP contribution in [0.3, 0.4) is 0 Å². The molecule has 3 rings (SSSR count). The van der Waals surface area contributed by atoms with Crippen LogP contribution in [0.4, 0.5) is 0 Å². The van der Waals surface area contributed by atoms with Crippen LogP contribution in [0.15, 0.2) is 77.6 Å². The molecule has 1 unspecified atom stereocenters. The van der Waals surface area contributed by atoms with Gasteiger partial charge in [0.2, 0.25) is 5.72 Å². The highest BCUT2D eigenvalue weighted by Crippen LogP contribution is 2.28. The van der Waals surface area contributed by atoms with E-state index in [1.807, 2.05) is 12.1 Å². The summed E-state index contributed by atoms with van der Waals surface area (Å²) in [7, 11) is 4.77. The van der Waals surface area contributed by atoms with E-state index >= 15 is 0 Å². The number of amides is 1. The number of hydrogen-bond acceptors (Lipinski definition) is 7. The number of carbonyl (C=O) groups is 2. The quantitative estimate of drug-likeness (QED) is 0.401. The zero-order valence-corrected chi connectivity index (χ0v) is 20.4. The number of aromatic carboxylic acids is 1. The molecule has 2 aromatic rings. The summed E-state index contributed by atoms with van der Waals surface area (Å²) in [5, 5.41) is 24.7. The van der Waals surface area contributed by atoms with Gasteiger partial charge in [-0.15, -0.1) is 12.4 Å². The van der Waals surface area contributed by atoms with E-state index in [1.54, 1.807) is 57.7 Å². The summed E-state index contributed by atoms with van der Waals surface area (Å²) in [4.78, 5) is 32.2. The van der Waals surface area contributed by atoms with Crippen LogP contribution in [0, 0.1) is 0 Å². The second kappa shape index (κ2) is 12.0. The van der Waals surface area contributed by atoms with Crippen molar-refractivity contribution in [1.82, 2.24) is 9.80 Å². The highest BCUT2D eigenvalue weighted by atomic mass is 35.5. The summed E-state index contributed by atoms with van der Waals surface area (Å²) >= 11 is 0. The Kier molecular flexibility index (Phi) is 9.44. The Labute approximate surface area is 210 Å². The van der Waals surface area contributed by atoms with Gasteiger partial charge in [0.15, 0.2) is 0 Å². The molecule has 186 valence electrons. The number of halogens is 1. The summed E-state index contributed by atoms with van der Waals surface area (Å²) in [6.45, 7) is 0.346. The van der Waals surface area contributed by atoms with Gasteiger partial charge in [0, 0.05) is 26.8 Å². The Morgan fingerprint density at radius 2 is 1.71 bits per heavy atom. The molecule has 35 heavy (non-hydrogen) atoms. The number of carbonyl (C=O) groups excluding carboxylic acids is 1. The Hall–Kier alpha value is -3.82. The second-order valence-corrected chi connectivity index (χ2v) is 7.83. The summed E-state index contributed by atoms with van der Waals surface area (Å²) in [6, 6.07) is 13.5. The number of nitrogens with zero attached hydrogens (tertiary/aromatic N) is 3. The van der Waals surface area contributed by atoms with Gasteiger partial charge in [0.25, 0.3) is 5.91 Å². The molecule has 0 aliphatic carbocycles. The van der Waals surface area contributed by atoms with E-state index < -0.39 is 11.7 Å². The zero-order chi connectivity index (χ0) is 24.7. The lowest BCUT2D eigenvalue weighted by Crippen LogP contribution is -2.53. The number of aliphatic hydroxyl groups is 1. The van der Waals surface area contributed by atoms with E-state index in [4.69, 9.17) is 14.7 Å². The summed E-state index contributed by atoms with van der Waals surface area (Å²) in [5.74, 6) is -0.692. The molecule has 1 heterocycles. The van der Waals surface area contributed by atoms with Gasteiger partial charge in [-0.25, -0.2) is 4.79 Å². The molecule has 0 fully saturated rings. The molecular formula is C25H28ClN3O6. The third-order valence-electron chi connectivity index (χ3n) is 5.25. The number of oxime groups is 1. The van der Waals surface area contributed by atoms with Crippen molar-refractivity contribution >= 4 is 30.5 Å². The first kappa shape index (κ1) is 27.4. The van der Waals surface area contributed by atoms with E-state index in [1.165, 1.54) is 34.2 Å². The number of benzene rings is 2. The van der Waals surface area contributed by atoms with Crippen LogP contribution in [0.5, 0.6) is 5.75 Å². The molecule has 1 aliphatic rings. The van der Waals surface area contributed by atoms with Crippen molar-refractivity contribution in [3.63, 3.8) is 0 Å². The van der Waals surface area contributed by atoms with Crippen molar-refractivity contribution < 1.29 is 29.4 Å². The normalized spacial score (nSPS) is 16.9. The van der Waals surface area contributed by atoms with Gasteiger partial charge in [0.05, 0.1) is 18.2 Å². The molecular weight excluding hydrogens is 474 g/mol. The summed E-state index contributed by atoms with van der Waals surface area (Å²) in [6.07, 6.45) is 6.00. The molecule has 1 aliphatic heterocycles. The first-order chi connectivity index (χ1) is 16.2. The lowest BCUT2D eigenvalue weighted by atomic mass is 9.97. The molecule has 9 nitrogen and oxygen atoms in total. The molecule has 0 saturated carbocycles. The maximum atomic E-state index is 12.8. The van der Waals surface area contributed by atoms with Crippen LogP contribution in [0.2, 0.25) is 0 Å². The molecule has 0 radical (unpaired) electrons. The van der Waals surface area contributed by atoms with Crippen LogP contribution >= 0.6 is 12.4 Å². The van der Waals surface area contributed by atoms with Crippen molar-refractivity contribution in [2.24, 2.45) is 5.16 Å². The maximum absolute atomic E-state index is 12.8. The smallest absolute Gasteiger partial charge is 0.335 e. The fraction of sp³-hybridized carbons (Fsp3) is 0.240. The van der Waals surface area contributed by atoms with E-state index in [9.17, 15) is 14.7 Å². The van der Waals surface area contributed by atoms with Gasteiger partial charge in [-0.2, -0.15) is 0 Å². The highest BCUT2D eigenvalue weighted by Gasteiger charge is 2.41. The number of rotatable bonds is 9. The van der Waals surface area contributed by atoms with Crippen molar-refractivity contribution in [1.29, 1.82) is 0 Å². The highest BCUT2D eigenvalue weighted by molar-refractivity contribution is 6.00. The monoisotopic (exact) mass is 501 g/mol. The number of hydrogen-bond donors (Lipinski definition) is 2. The number of methoxy groups -OCH3 is 1. The lowest BCUT2D eigenvalue weighted by Gasteiger charge is -2.39. The fourth-order valence-corrected chi connectivity index (χ4v) is 3.31. The van der Waals surface area contributed by atoms with E-state index in [0.29, 0.717) is 0 Å². The SMILES string of the molecule is COc1ccc(CON=CC2(O)C(C(=O)N(C)C)=CC=CN2Cc2ccc(C(=O)O)cc2)cc1.Cl. The minimum Gasteiger partial charge on any atom is -0.497 e. The summed E-state index contributed by atoms with van der Waals surface area (Å²) < 4.78 is 5.13.